The van der Waals surface area contributed by atoms with Crippen LogP contribution in [-0.4, -0.2) is 51.6 Å². The van der Waals surface area contributed by atoms with E-state index in [1.54, 1.807) is 12.4 Å². The Morgan fingerprint density at radius 2 is 1.88 bits per heavy atom. The molecule has 172 valence electrons. The van der Waals surface area contributed by atoms with E-state index in [-0.39, 0.29) is 0 Å². The maximum atomic E-state index is 12.8. The smallest absolute Gasteiger partial charge is 0.334 e. The molecule has 4 aromatic rings. The van der Waals surface area contributed by atoms with Gasteiger partial charge in [0.15, 0.2) is 0 Å². The fourth-order valence-corrected chi connectivity index (χ4v) is 4.16. The number of nitrogens with one attached hydrogen (secondary N) is 2. The minimum atomic E-state index is -0.448. The summed E-state index contributed by atoms with van der Waals surface area (Å²) in [7, 11) is 0. The number of imidazole rings is 1. The van der Waals surface area contributed by atoms with Crippen LogP contribution >= 0.6 is 0 Å². The Morgan fingerprint density at radius 3 is 2.65 bits per heavy atom. The number of anilines is 1. The first-order valence-corrected chi connectivity index (χ1v) is 11.4. The van der Waals surface area contributed by atoms with Crippen molar-refractivity contribution in [1.29, 1.82) is 0 Å². The Hall–Kier alpha value is -4.33. The molecule has 8 heteroatoms. The summed E-state index contributed by atoms with van der Waals surface area (Å²) in [6.07, 6.45) is 8.41. The summed E-state index contributed by atoms with van der Waals surface area (Å²) in [4.78, 5) is 36.7. The number of nitrogens with zero attached hydrogens (tertiary/aromatic N) is 4. The van der Waals surface area contributed by atoms with Gasteiger partial charge >= 0.3 is 11.7 Å². The van der Waals surface area contributed by atoms with Gasteiger partial charge in [-0.05, 0) is 42.3 Å². The molecule has 0 aliphatic carbocycles. The van der Waals surface area contributed by atoms with E-state index in [9.17, 15) is 9.59 Å². The number of fused-ring (bicyclic) bond motifs is 1. The summed E-state index contributed by atoms with van der Waals surface area (Å²) in [6, 6.07) is 19.2. The lowest BCUT2D eigenvalue weighted by Gasteiger charge is -2.31. The number of carbonyl (C=O) groups is 1. The third kappa shape index (κ3) is 4.56. The number of hydrogen-bond acceptors (Lipinski definition) is 5. The highest BCUT2D eigenvalue weighted by Gasteiger charge is 2.15. The van der Waals surface area contributed by atoms with Crippen molar-refractivity contribution >= 4 is 22.8 Å². The van der Waals surface area contributed by atoms with E-state index in [4.69, 9.17) is 0 Å². The molecule has 5 rings (SSSR count). The highest BCUT2D eigenvalue weighted by Crippen LogP contribution is 2.22. The van der Waals surface area contributed by atoms with Crippen LogP contribution in [0.5, 0.6) is 0 Å². The average molecular weight is 455 g/mol. The van der Waals surface area contributed by atoms with Gasteiger partial charge in [0, 0.05) is 62.2 Å². The predicted octanol–water partition coefficient (Wildman–Crippen LogP) is 3.63. The number of H-pyrrole nitrogens is 1. The lowest BCUT2D eigenvalue weighted by molar-refractivity contribution is 0.241. The molecule has 0 bridgehead atoms. The summed E-state index contributed by atoms with van der Waals surface area (Å²) < 4.78 is 1.16. The van der Waals surface area contributed by atoms with Crippen molar-refractivity contribution in [2.45, 2.75) is 6.42 Å². The van der Waals surface area contributed by atoms with Crippen LogP contribution in [0.3, 0.4) is 0 Å². The lowest BCUT2D eigenvalue weighted by Crippen LogP contribution is -2.38. The van der Waals surface area contributed by atoms with Crippen LogP contribution in [0, 0.1) is 0 Å². The van der Waals surface area contributed by atoms with Crippen LogP contribution in [-0.2, 0) is 0 Å². The molecule has 0 atom stereocenters. The molecule has 0 saturated carbocycles. The summed E-state index contributed by atoms with van der Waals surface area (Å²) in [6.45, 7) is 3.13. The van der Waals surface area contributed by atoms with Crippen LogP contribution in [0.25, 0.3) is 22.2 Å². The number of aromatic amines is 1. The SMILES string of the molecule is O=C(NCCCN1C=CN(c2ccccc2)CC1)n1c(=O)[nH]c2ccc(-c3cccnc3)cc21. The van der Waals surface area contributed by atoms with Gasteiger partial charge in [0.25, 0.3) is 0 Å². The average Bonchev–Trinajstić information content (AvgIpc) is 3.23. The van der Waals surface area contributed by atoms with E-state index >= 15 is 0 Å². The molecule has 1 aliphatic heterocycles. The molecule has 1 amide bonds. The summed E-state index contributed by atoms with van der Waals surface area (Å²) in [5, 5.41) is 2.88. The predicted molar refractivity (Wildman–Crippen MR) is 134 cm³/mol. The van der Waals surface area contributed by atoms with Gasteiger partial charge in [-0.15, -0.1) is 0 Å². The van der Waals surface area contributed by atoms with Crippen LogP contribution in [0.1, 0.15) is 6.42 Å². The van der Waals surface area contributed by atoms with E-state index in [0.717, 1.165) is 41.7 Å². The Bertz CT molecular complexity index is 1360. The molecular formula is C26H26N6O2. The van der Waals surface area contributed by atoms with Crippen LogP contribution in [0.4, 0.5) is 10.5 Å². The van der Waals surface area contributed by atoms with Crippen molar-refractivity contribution in [2.75, 3.05) is 31.1 Å². The zero-order valence-electron chi connectivity index (χ0n) is 18.7. The van der Waals surface area contributed by atoms with Crippen molar-refractivity contribution < 1.29 is 4.79 Å². The van der Waals surface area contributed by atoms with Crippen molar-refractivity contribution in [3.63, 3.8) is 0 Å². The number of benzene rings is 2. The molecule has 1 aliphatic rings. The molecule has 2 aromatic carbocycles. The number of aromatic nitrogens is 3. The van der Waals surface area contributed by atoms with Gasteiger partial charge in [-0.3, -0.25) is 4.98 Å². The molecule has 0 radical (unpaired) electrons. The monoisotopic (exact) mass is 454 g/mol. The van der Waals surface area contributed by atoms with E-state index in [1.807, 2.05) is 48.5 Å². The van der Waals surface area contributed by atoms with Crippen molar-refractivity contribution in [2.24, 2.45) is 0 Å². The number of rotatable bonds is 6. The van der Waals surface area contributed by atoms with E-state index in [0.29, 0.717) is 17.6 Å². The molecule has 0 fully saturated rings. The normalized spacial score (nSPS) is 13.4. The minimum Gasteiger partial charge on any atom is -0.374 e. The van der Waals surface area contributed by atoms with Gasteiger partial charge in [-0.1, -0.05) is 30.3 Å². The zero-order chi connectivity index (χ0) is 23.3. The second-order valence-corrected chi connectivity index (χ2v) is 8.19. The number of para-hydroxylation sites is 1. The fraction of sp³-hybridized carbons (Fsp3) is 0.192. The molecule has 0 saturated heterocycles. The molecule has 2 N–H and O–H groups in total. The second kappa shape index (κ2) is 9.66. The van der Waals surface area contributed by atoms with Gasteiger partial charge in [-0.25, -0.2) is 14.2 Å². The van der Waals surface area contributed by atoms with Crippen LogP contribution < -0.4 is 15.9 Å². The maximum Gasteiger partial charge on any atom is 0.334 e. The van der Waals surface area contributed by atoms with Gasteiger partial charge in [0.1, 0.15) is 0 Å². The van der Waals surface area contributed by atoms with Crippen LogP contribution in [0.15, 0.2) is 90.3 Å². The third-order valence-corrected chi connectivity index (χ3v) is 5.95. The fourth-order valence-electron chi connectivity index (χ4n) is 4.16. The largest absolute Gasteiger partial charge is 0.374 e. The summed E-state index contributed by atoms with van der Waals surface area (Å²) in [5.74, 6) is 0. The van der Waals surface area contributed by atoms with Gasteiger partial charge in [0.05, 0.1) is 11.0 Å². The molecule has 8 nitrogen and oxygen atoms in total. The first-order valence-electron chi connectivity index (χ1n) is 11.4. The summed E-state index contributed by atoms with van der Waals surface area (Å²) >= 11 is 0. The molecular weight excluding hydrogens is 428 g/mol. The molecule has 34 heavy (non-hydrogen) atoms. The first kappa shape index (κ1) is 21.5. The second-order valence-electron chi connectivity index (χ2n) is 8.19. The Kier molecular flexibility index (Phi) is 6.11. The van der Waals surface area contributed by atoms with Crippen molar-refractivity contribution in [3.05, 3.63) is 95.9 Å². The highest BCUT2D eigenvalue weighted by atomic mass is 16.2. The Balaban J connectivity index is 1.19. The Labute approximate surface area is 197 Å². The molecule has 0 unspecified atom stereocenters. The molecule has 2 aromatic heterocycles. The Morgan fingerprint density at radius 1 is 1.00 bits per heavy atom. The highest BCUT2D eigenvalue weighted by molar-refractivity contribution is 5.91. The number of carbonyl (C=O) groups excluding carboxylic acids is 1. The zero-order valence-corrected chi connectivity index (χ0v) is 18.7. The van der Waals surface area contributed by atoms with E-state index < -0.39 is 11.7 Å². The van der Waals surface area contributed by atoms with Crippen LogP contribution in [0.2, 0.25) is 0 Å². The number of hydrogen-bond donors (Lipinski definition) is 2. The lowest BCUT2D eigenvalue weighted by atomic mass is 10.1. The molecule has 0 spiro atoms. The quantitative estimate of drug-likeness (QED) is 0.435. The van der Waals surface area contributed by atoms with Gasteiger partial charge < -0.3 is 20.1 Å². The van der Waals surface area contributed by atoms with Crippen molar-refractivity contribution in [3.8, 4) is 11.1 Å². The number of pyridine rings is 1. The minimum absolute atomic E-state index is 0.427. The van der Waals surface area contributed by atoms with Gasteiger partial charge in [0.2, 0.25) is 0 Å². The third-order valence-electron chi connectivity index (χ3n) is 5.95. The molecule has 3 heterocycles. The van der Waals surface area contributed by atoms with E-state index in [1.165, 1.54) is 5.69 Å². The van der Waals surface area contributed by atoms with Gasteiger partial charge in [-0.2, -0.15) is 0 Å². The topological polar surface area (TPSA) is 86.3 Å². The number of amides is 1. The first-order chi connectivity index (χ1) is 16.7. The van der Waals surface area contributed by atoms with E-state index in [2.05, 4.69) is 49.6 Å². The maximum absolute atomic E-state index is 12.8. The van der Waals surface area contributed by atoms with Crippen molar-refractivity contribution in [1.82, 2.24) is 24.8 Å². The standard InChI is InChI=1S/C26H26N6O2/c33-25(28-12-5-13-30-14-16-31(17-15-30)22-7-2-1-3-8-22)32-24-18-20(21-6-4-11-27-19-21)9-10-23(24)29-26(32)34/h1-4,6-11,14,16,18-19H,5,12-13,15,17H2,(H,28,33)(H,29,34). The summed E-state index contributed by atoms with van der Waals surface area (Å²) in [5.41, 5.74) is 3.71.